The molecule has 2 aliphatic rings. The molecule has 142 valence electrons. The molecule has 5 heteroatoms. The van der Waals surface area contributed by atoms with E-state index >= 15 is 0 Å². The fraction of sp³-hybridized carbons (Fsp3) is 0.571. The summed E-state index contributed by atoms with van der Waals surface area (Å²) < 4.78 is 26.0. The van der Waals surface area contributed by atoms with Crippen molar-refractivity contribution in [3.63, 3.8) is 0 Å². The van der Waals surface area contributed by atoms with Gasteiger partial charge in [0.15, 0.2) is 0 Å². The van der Waals surface area contributed by atoms with Gasteiger partial charge in [-0.05, 0) is 0 Å². The summed E-state index contributed by atoms with van der Waals surface area (Å²) in [7, 11) is -0.311. The Morgan fingerprint density at radius 3 is 1.92 bits per heavy atom. The second kappa shape index (κ2) is 9.56. The normalized spacial score (nSPS) is 18.8. The maximum atomic E-state index is 13.3. The molecule has 0 heterocycles. The molecule has 0 atom stereocenters. The predicted octanol–water partition coefficient (Wildman–Crippen LogP) is 5.25. The summed E-state index contributed by atoms with van der Waals surface area (Å²) in [5.74, 6) is 1.20. The van der Waals surface area contributed by atoms with Crippen molar-refractivity contribution in [2.45, 2.75) is 51.4 Å². The Morgan fingerprint density at radius 1 is 0.962 bits per heavy atom. The standard InChI is InChI=1S/C21H29O3PSe/c1-23-25(22,24-2)21(26-19-14-4-3-5-15-19)16-20(17-10-6-7-11-17)18-12-8-9-13-18/h3-5,14-15,17-18H,6-13H2,1-2H3. The zero-order valence-electron chi connectivity index (χ0n) is 15.8. The quantitative estimate of drug-likeness (QED) is 0.331. The summed E-state index contributed by atoms with van der Waals surface area (Å²) in [6, 6.07) is 10.2. The molecule has 0 amide bonds. The predicted molar refractivity (Wildman–Crippen MR) is 108 cm³/mol. The molecule has 3 nitrogen and oxygen atoms in total. The van der Waals surface area contributed by atoms with E-state index in [9.17, 15) is 4.57 Å². The second-order valence-corrected chi connectivity index (χ2v) is 12.3. The molecule has 0 aromatic heterocycles. The molecule has 2 aliphatic carbocycles. The molecule has 1 aromatic rings. The number of benzene rings is 1. The Labute approximate surface area is 163 Å². The molecule has 0 saturated heterocycles. The van der Waals surface area contributed by atoms with Crippen LogP contribution >= 0.6 is 7.60 Å². The van der Waals surface area contributed by atoms with E-state index < -0.39 is 7.60 Å². The van der Waals surface area contributed by atoms with Gasteiger partial charge in [0.2, 0.25) is 0 Å². The Morgan fingerprint density at radius 2 is 1.46 bits per heavy atom. The Bertz CT molecular complexity index is 671. The van der Waals surface area contributed by atoms with Crippen LogP contribution in [0.25, 0.3) is 0 Å². The third-order valence-corrected chi connectivity index (χ3v) is 10.7. The molecule has 3 rings (SSSR count). The molecule has 0 unspecified atom stereocenters. The summed E-state index contributed by atoms with van der Waals surface area (Å²) in [5.41, 5.74) is 5.08. The van der Waals surface area contributed by atoms with Crippen molar-refractivity contribution in [3.05, 3.63) is 45.8 Å². The van der Waals surface area contributed by atoms with Crippen LogP contribution < -0.4 is 4.46 Å². The average molecular weight is 439 g/mol. The van der Waals surface area contributed by atoms with Gasteiger partial charge in [-0.1, -0.05) is 0 Å². The van der Waals surface area contributed by atoms with Gasteiger partial charge in [0.1, 0.15) is 0 Å². The Balaban J connectivity index is 2.08. The van der Waals surface area contributed by atoms with Gasteiger partial charge >= 0.3 is 164 Å². The van der Waals surface area contributed by atoms with Crippen LogP contribution in [-0.4, -0.2) is 29.2 Å². The number of hydrogen-bond donors (Lipinski definition) is 0. The minimum absolute atomic E-state index is 0.120. The molecule has 2 saturated carbocycles. The van der Waals surface area contributed by atoms with E-state index in [4.69, 9.17) is 9.05 Å². The topological polar surface area (TPSA) is 35.5 Å². The summed E-state index contributed by atoms with van der Waals surface area (Å²) in [6.07, 6.45) is 10.2. The van der Waals surface area contributed by atoms with Crippen LogP contribution in [0.2, 0.25) is 0 Å². The number of rotatable bonds is 7. The van der Waals surface area contributed by atoms with Crippen LogP contribution in [0.3, 0.4) is 0 Å². The third kappa shape index (κ3) is 4.82. The van der Waals surface area contributed by atoms with Gasteiger partial charge in [0.25, 0.3) is 0 Å². The van der Waals surface area contributed by atoms with E-state index in [1.807, 2.05) is 18.2 Å². The van der Waals surface area contributed by atoms with Crippen LogP contribution in [0.15, 0.2) is 45.8 Å². The third-order valence-electron chi connectivity index (χ3n) is 5.53. The Kier molecular flexibility index (Phi) is 7.41. The molecule has 0 aliphatic heterocycles. The summed E-state index contributed by atoms with van der Waals surface area (Å²) in [5, 5.41) is 0. The summed E-state index contributed by atoms with van der Waals surface area (Å²) >= 11 is -0.120. The van der Waals surface area contributed by atoms with Crippen LogP contribution in [0, 0.1) is 11.8 Å². The van der Waals surface area contributed by atoms with Crippen molar-refractivity contribution in [2.24, 2.45) is 11.8 Å². The van der Waals surface area contributed by atoms with Crippen molar-refractivity contribution in [3.8, 4) is 0 Å². The van der Waals surface area contributed by atoms with Gasteiger partial charge in [-0.15, -0.1) is 0 Å². The molecule has 26 heavy (non-hydrogen) atoms. The molecular formula is C21H29O3PSe. The van der Waals surface area contributed by atoms with E-state index in [0.29, 0.717) is 11.8 Å². The van der Waals surface area contributed by atoms with Crippen molar-refractivity contribution in [2.75, 3.05) is 14.2 Å². The first kappa shape index (κ1) is 20.2. The SMILES string of the molecule is COP(=O)(OC)C(=C=C(C1CCCC1)C1CCCC1)[Se]c1ccccc1. The van der Waals surface area contributed by atoms with Gasteiger partial charge in [0, 0.05) is 0 Å². The zero-order valence-corrected chi connectivity index (χ0v) is 18.4. The van der Waals surface area contributed by atoms with E-state index in [1.54, 1.807) is 0 Å². The van der Waals surface area contributed by atoms with Crippen LogP contribution in [0.1, 0.15) is 51.4 Å². The van der Waals surface area contributed by atoms with Crippen molar-refractivity contribution >= 4 is 27.0 Å². The first-order chi connectivity index (χ1) is 12.7. The van der Waals surface area contributed by atoms with Gasteiger partial charge in [-0.2, -0.15) is 0 Å². The van der Waals surface area contributed by atoms with E-state index in [2.05, 4.69) is 17.9 Å². The van der Waals surface area contributed by atoms with Crippen LogP contribution in [0.4, 0.5) is 0 Å². The van der Waals surface area contributed by atoms with E-state index in [0.717, 1.165) is 4.21 Å². The van der Waals surface area contributed by atoms with Crippen molar-refractivity contribution in [1.82, 2.24) is 0 Å². The fourth-order valence-electron chi connectivity index (χ4n) is 4.12. The molecule has 1 aromatic carbocycles. The van der Waals surface area contributed by atoms with Gasteiger partial charge < -0.3 is 0 Å². The zero-order chi connectivity index (χ0) is 18.4. The van der Waals surface area contributed by atoms with Crippen LogP contribution in [0.5, 0.6) is 0 Å². The molecule has 0 spiro atoms. The molecule has 0 N–H and O–H groups in total. The number of allylic oxidation sites excluding steroid dienone is 1. The van der Waals surface area contributed by atoms with Crippen molar-refractivity contribution in [1.29, 1.82) is 0 Å². The molecular weight excluding hydrogens is 410 g/mol. The molecule has 0 bridgehead atoms. The minimum atomic E-state index is -3.28. The van der Waals surface area contributed by atoms with E-state index in [1.165, 1.54) is 75.6 Å². The van der Waals surface area contributed by atoms with E-state index in [-0.39, 0.29) is 15.0 Å². The average Bonchev–Trinajstić information content (AvgIpc) is 3.39. The van der Waals surface area contributed by atoms with Gasteiger partial charge in [-0.25, -0.2) is 0 Å². The fourth-order valence-corrected chi connectivity index (χ4v) is 8.61. The maximum absolute atomic E-state index is 13.3. The first-order valence-electron chi connectivity index (χ1n) is 9.62. The Hall–Kier alpha value is -0.591. The first-order valence-corrected chi connectivity index (χ1v) is 12.9. The summed E-state index contributed by atoms with van der Waals surface area (Å²) in [4.78, 5) is 0. The molecule has 2 fully saturated rings. The monoisotopic (exact) mass is 440 g/mol. The van der Waals surface area contributed by atoms with Crippen LogP contribution in [-0.2, 0) is 13.6 Å². The van der Waals surface area contributed by atoms with Crippen molar-refractivity contribution < 1.29 is 13.6 Å². The van der Waals surface area contributed by atoms with Gasteiger partial charge in [-0.3, -0.25) is 0 Å². The summed E-state index contributed by atoms with van der Waals surface area (Å²) in [6.45, 7) is 0. The second-order valence-electron chi connectivity index (χ2n) is 7.13. The number of hydrogen-bond acceptors (Lipinski definition) is 3. The molecule has 0 radical (unpaired) electrons. The van der Waals surface area contributed by atoms with Gasteiger partial charge in [0.05, 0.1) is 0 Å².